The van der Waals surface area contributed by atoms with Crippen molar-refractivity contribution in [2.45, 2.75) is 63.5 Å². The molecule has 188 valence electrons. The maximum absolute atomic E-state index is 13.4. The summed E-state index contributed by atoms with van der Waals surface area (Å²) in [6, 6.07) is 14.5. The van der Waals surface area contributed by atoms with Gasteiger partial charge in [-0.15, -0.1) is 0 Å². The Bertz CT molecular complexity index is 1010. The van der Waals surface area contributed by atoms with Gasteiger partial charge >= 0.3 is 0 Å². The minimum atomic E-state index is -0.166. The van der Waals surface area contributed by atoms with Crippen LogP contribution < -0.4 is 9.47 Å². The molecule has 0 radical (unpaired) electrons. The van der Waals surface area contributed by atoms with Gasteiger partial charge in [0, 0.05) is 25.2 Å². The number of halogens is 1. The minimum Gasteiger partial charge on any atom is -0.487 e. The van der Waals surface area contributed by atoms with Crippen molar-refractivity contribution in [1.82, 2.24) is 9.80 Å². The number of carbonyl (C=O) groups excluding carboxylic acids is 2. The van der Waals surface area contributed by atoms with E-state index < -0.39 is 0 Å². The average Bonchev–Trinajstić information content (AvgIpc) is 2.87. The van der Waals surface area contributed by atoms with Crippen molar-refractivity contribution >= 4 is 23.4 Å². The molecule has 0 saturated heterocycles. The van der Waals surface area contributed by atoms with Crippen LogP contribution in [0.25, 0.3) is 0 Å². The third-order valence-electron chi connectivity index (χ3n) is 6.93. The first-order valence-corrected chi connectivity index (χ1v) is 13.1. The van der Waals surface area contributed by atoms with Gasteiger partial charge in [0.15, 0.2) is 6.61 Å². The van der Waals surface area contributed by atoms with Crippen LogP contribution in [0, 0.1) is 0 Å². The van der Waals surface area contributed by atoms with Crippen molar-refractivity contribution < 1.29 is 19.1 Å². The molecule has 2 atom stereocenters. The highest BCUT2D eigenvalue weighted by molar-refractivity contribution is 6.30. The lowest BCUT2D eigenvalue weighted by Crippen LogP contribution is -2.52. The Kier molecular flexibility index (Phi) is 8.91. The number of carbonyl (C=O) groups is 2. The molecule has 1 saturated carbocycles. The molecule has 1 heterocycles. The second kappa shape index (κ2) is 12.3. The number of fused-ring (bicyclic) bond motifs is 2. The molecule has 1 aliphatic heterocycles. The summed E-state index contributed by atoms with van der Waals surface area (Å²) in [5, 5.41) is 0.577. The van der Waals surface area contributed by atoms with Gasteiger partial charge in [0.05, 0.1) is 11.6 Å². The molecule has 7 heteroatoms. The van der Waals surface area contributed by atoms with Crippen molar-refractivity contribution in [3.63, 3.8) is 0 Å². The van der Waals surface area contributed by atoms with Crippen LogP contribution in [0.3, 0.4) is 0 Å². The van der Waals surface area contributed by atoms with Gasteiger partial charge in [-0.2, -0.15) is 0 Å². The molecule has 0 spiro atoms. The Morgan fingerprint density at radius 2 is 1.77 bits per heavy atom. The fourth-order valence-corrected chi connectivity index (χ4v) is 5.21. The van der Waals surface area contributed by atoms with Crippen LogP contribution in [-0.2, 0) is 4.79 Å². The number of nitrogens with zero attached hydrogens (tertiary/aromatic N) is 2. The minimum absolute atomic E-state index is 0.0205. The van der Waals surface area contributed by atoms with E-state index in [0.29, 0.717) is 35.2 Å². The van der Waals surface area contributed by atoms with E-state index in [1.165, 1.54) is 0 Å². The molecule has 4 rings (SSSR count). The summed E-state index contributed by atoms with van der Waals surface area (Å²) < 4.78 is 12.3. The van der Waals surface area contributed by atoms with E-state index in [9.17, 15) is 9.59 Å². The Balaban J connectivity index is 1.57. The lowest BCUT2D eigenvalue weighted by Gasteiger charge is -2.40. The van der Waals surface area contributed by atoms with Crippen molar-refractivity contribution in [2.24, 2.45) is 0 Å². The highest BCUT2D eigenvalue weighted by atomic mass is 35.5. The lowest BCUT2D eigenvalue weighted by atomic mass is 9.90. The molecule has 6 nitrogen and oxygen atoms in total. The van der Waals surface area contributed by atoms with Crippen molar-refractivity contribution in [3.05, 3.63) is 59.1 Å². The summed E-state index contributed by atoms with van der Waals surface area (Å²) >= 11 is 6.07. The van der Waals surface area contributed by atoms with Crippen LogP contribution in [0.1, 0.15) is 61.7 Å². The van der Waals surface area contributed by atoms with Gasteiger partial charge in [0.2, 0.25) is 0 Å². The first-order valence-electron chi connectivity index (χ1n) is 12.7. The Morgan fingerprint density at radius 1 is 1.00 bits per heavy atom. The third-order valence-corrected chi connectivity index (χ3v) is 7.17. The summed E-state index contributed by atoms with van der Waals surface area (Å²) in [6.07, 6.45) is 7.53. The van der Waals surface area contributed by atoms with Crippen LogP contribution in [0.5, 0.6) is 11.5 Å². The summed E-state index contributed by atoms with van der Waals surface area (Å²) in [4.78, 5) is 30.3. The first-order chi connectivity index (χ1) is 17.0. The van der Waals surface area contributed by atoms with E-state index in [0.717, 1.165) is 51.4 Å². The normalized spacial score (nSPS) is 21.8. The molecule has 2 amide bonds. The molecule has 1 fully saturated rings. The maximum Gasteiger partial charge on any atom is 0.260 e. The van der Waals surface area contributed by atoms with Crippen LogP contribution >= 0.6 is 11.6 Å². The van der Waals surface area contributed by atoms with Crippen LogP contribution in [0.2, 0.25) is 5.02 Å². The van der Waals surface area contributed by atoms with Crippen molar-refractivity contribution in [3.8, 4) is 11.5 Å². The number of amides is 2. The highest BCUT2D eigenvalue weighted by Gasteiger charge is 2.35. The predicted octanol–water partition coefficient (Wildman–Crippen LogP) is 5.58. The first kappa shape index (κ1) is 25.4. The number of ether oxygens (including phenoxy) is 2. The predicted molar refractivity (Wildman–Crippen MR) is 137 cm³/mol. The summed E-state index contributed by atoms with van der Waals surface area (Å²) in [5.41, 5.74) is 0.582. The fraction of sp³-hybridized carbons (Fsp3) is 0.500. The highest BCUT2D eigenvalue weighted by Crippen LogP contribution is 2.30. The third kappa shape index (κ3) is 6.69. The van der Waals surface area contributed by atoms with Gasteiger partial charge in [0.1, 0.15) is 17.6 Å². The van der Waals surface area contributed by atoms with Crippen LogP contribution in [0.4, 0.5) is 0 Å². The number of para-hydroxylation sites is 1. The van der Waals surface area contributed by atoms with E-state index in [2.05, 4.69) is 0 Å². The van der Waals surface area contributed by atoms with Crippen LogP contribution in [-0.4, -0.2) is 60.5 Å². The average molecular weight is 499 g/mol. The van der Waals surface area contributed by atoms with Gasteiger partial charge in [-0.25, -0.2) is 0 Å². The summed E-state index contributed by atoms with van der Waals surface area (Å²) in [7, 11) is 1.86. The Labute approximate surface area is 213 Å². The largest absolute Gasteiger partial charge is 0.487 e. The summed E-state index contributed by atoms with van der Waals surface area (Å²) in [6.45, 7) is 1.34. The molecule has 0 N–H and O–H groups in total. The molecule has 2 aliphatic rings. The number of hydrogen-bond acceptors (Lipinski definition) is 4. The molecule has 2 aromatic carbocycles. The Hall–Kier alpha value is -2.73. The fourth-order valence-electron chi connectivity index (χ4n) is 5.03. The number of rotatable bonds is 3. The standard InChI is InChI=1S/C28H35ClN2O4/c1-30-17-8-2-3-9-18-31(27(32)20-34-22-12-10-11-21(29)19-22)24-14-5-7-16-26(24)35-25-15-6-4-13-23(25)28(30)33/h4,6,10-13,15,19,24,26H,2-3,5,7-9,14,16-18,20H2,1H3/t24-,26+/m1/s1. The molecule has 0 aromatic heterocycles. The summed E-state index contributed by atoms with van der Waals surface area (Å²) in [5.74, 6) is 1.12. The molecule has 0 unspecified atom stereocenters. The SMILES string of the molecule is CN1CCCCCCN(C(=O)COc2cccc(Cl)c2)[C@@H]2CCCC[C@@H]2Oc2ccccc2C1=O. The molecular weight excluding hydrogens is 464 g/mol. The second-order valence-corrected chi connectivity index (χ2v) is 9.91. The zero-order valence-electron chi connectivity index (χ0n) is 20.5. The second-order valence-electron chi connectivity index (χ2n) is 9.48. The number of hydrogen-bond donors (Lipinski definition) is 0. The van der Waals surface area contributed by atoms with Gasteiger partial charge in [-0.1, -0.05) is 49.1 Å². The van der Waals surface area contributed by atoms with E-state index >= 15 is 0 Å². The van der Waals surface area contributed by atoms with Gasteiger partial charge in [0.25, 0.3) is 11.8 Å². The quantitative estimate of drug-likeness (QED) is 0.554. The van der Waals surface area contributed by atoms with E-state index in [1.54, 1.807) is 23.1 Å². The van der Waals surface area contributed by atoms with Crippen molar-refractivity contribution in [2.75, 3.05) is 26.7 Å². The Morgan fingerprint density at radius 3 is 2.60 bits per heavy atom. The maximum atomic E-state index is 13.4. The number of benzene rings is 2. The molecule has 1 aliphatic carbocycles. The molecule has 35 heavy (non-hydrogen) atoms. The zero-order valence-corrected chi connectivity index (χ0v) is 21.2. The van der Waals surface area contributed by atoms with E-state index in [1.807, 2.05) is 42.3 Å². The van der Waals surface area contributed by atoms with E-state index in [-0.39, 0.29) is 30.6 Å². The van der Waals surface area contributed by atoms with Crippen LogP contribution in [0.15, 0.2) is 48.5 Å². The van der Waals surface area contributed by atoms with Gasteiger partial charge in [-0.05, 0) is 62.4 Å². The molecular formula is C28H35ClN2O4. The monoisotopic (exact) mass is 498 g/mol. The van der Waals surface area contributed by atoms with E-state index in [4.69, 9.17) is 21.1 Å². The topological polar surface area (TPSA) is 59.1 Å². The van der Waals surface area contributed by atoms with Gasteiger partial charge in [-0.3, -0.25) is 9.59 Å². The lowest BCUT2D eigenvalue weighted by molar-refractivity contribution is -0.139. The van der Waals surface area contributed by atoms with Crippen molar-refractivity contribution in [1.29, 1.82) is 0 Å². The molecule has 2 aromatic rings. The molecule has 0 bridgehead atoms. The zero-order chi connectivity index (χ0) is 24.6. The smallest absolute Gasteiger partial charge is 0.260 e. The van der Waals surface area contributed by atoms with Gasteiger partial charge < -0.3 is 19.3 Å².